The summed E-state index contributed by atoms with van der Waals surface area (Å²) in [7, 11) is 0. The third kappa shape index (κ3) is 3.48. The third-order valence-corrected chi connectivity index (χ3v) is 3.33. The summed E-state index contributed by atoms with van der Waals surface area (Å²) in [4.78, 5) is 12.0. The Balaban J connectivity index is 2.67. The highest BCUT2D eigenvalue weighted by molar-refractivity contribution is 5.96. The van der Waals surface area contributed by atoms with Crippen LogP contribution in [0.25, 0.3) is 0 Å². The molecule has 0 heterocycles. The minimum Gasteiger partial charge on any atom is -0.398 e. The van der Waals surface area contributed by atoms with Crippen LogP contribution in [0.15, 0.2) is 18.2 Å². The molecule has 0 saturated heterocycles. The predicted octanol–water partition coefficient (Wildman–Crippen LogP) is 2.74. The van der Waals surface area contributed by atoms with Crippen molar-refractivity contribution in [3.8, 4) is 0 Å². The SMILES string of the molecule is CCC(CC)CNC(=O)c1cccc(N)c1C. The molecule has 3 N–H and O–H groups in total. The van der Waals surface area contributed by atoms with E-state index in [9.17, 15) is 4.79 Å². The van der Waals surface area contributed by atoms with Crippen LogP contribution in [0.4, 0.5) is 5.69 Å². The number of nitrogens with two attached hydrogens (primary N) is 1. The highest BCUT2D eigenvalue weighted by Crippen LogP contribution is 2.15. The van der Waals surface area contributed by atoms with Crippen LogP contribution >= 0.6 is 0 Å². The maximum absolute atomic E-state index is 12.0. The van der Waals surface area contributed by atoms with Gasteiger partial charge in [-0.2, -0.15) is 0 Å². The summed E-state index contributed by atoms with van der Waals surface area (Å²) in [6.45, 7) is 6.90. The summed E-state index contributed by atoms with van der Waals surface area (Å²) in [5.74, 6) is 0.530. The topological polar surface area (TPSA) is 55.1 Å². The van der Waals surface area contributed by atoms with Crippen molar-refractivity contribution in [2.75, 3.05) is 12.3 Å². The fraction of sp³-hybridized carbons (Fsp3) is 0.500. The highest BCUT2D eigenvalue weighted by atomic mass is 16.1. The van der Waals surface area contributed by atoms with Crippen molar-refractivity contribution in [2.45, 2.75) is 33.6 Å². The van der Waals surface area contributed by atoms with E-state index in [0.29, 0.717) is 17.2 Å². The molecule has 0 bridgehead atoms. The summed E-state index contributed by atoms with van der Waals surface area (Å²) in [5.41, 5.74) is 7.99. The van der Waals surface area contributed by atoms with Crippen LogP contribution in [0.2, 0.25) is 0 Å². The lowest BCUT2D eigenvalue weighted by Crippen LogP contribution is -2.29. The van der Waals surface area contributed by atoms with Gasteiger partial charge in [0.25, 0.3) is 5.91 Å². The molecule has 0 saturated carbocycles. The first-order valence-electron chi connectivity index (χ1n) is 6.23. The first kappa shape index (κ1) is 13.6. The van der Waals surface area contributed by atoms with Crippen molar-refractivity contribution in [1.29, 1.82) is 0 Å². The summed E-state index contributed by atoms with van der Waals surface area (Å²) >= 11 is 0. The Labute approximate surface area is 103 Å². The Morgan fingerprint density at radius 2 is 2.00 bits per heavy atom. The Kier molecular flexibility index (Phi) is 5.01. The van der Waals surface area contributed by atoms with Gasteiger partial charge in [0.05, 0.1) is 0 Å². The zero-order valence-electron chi connectivity index (χ0n) is 10.9. The zero-order chi connectivity index (χ0) is 12.8. The Hall–Kier alpha value is -1.51. The van der Waals surface area contributed by atoms with Crippen molar-refractivity contribution in [2.24, 2.45) is 5.92 Å². The van der Waals surface area contributed by atoms with Gasteiger partial charge >= 0.3 is 0 Å². The molecule has 0 atom stereocenters. The molecular weight excluding hydrogens is 212 g/mol. The van der Waals surface area contributed by atoms with Gasteiger partial charge < -0.3 is 11.1 Å². The van der Waals surface area contributed by atoms with E-state index in [1.54, 1.807) is 0 Å². The Morgan fingerprint density at radius 1 is 1.35 bits per heavy atom. The summed E-state index contributed by atoms with van der Waals surface area (Å²) in [5, 5.41) is 2.97. The first-order valence-corrected chi connectivity index (χ1v) is 6.23. The lowest BCUT2D eigenvalue weighted by atomic mass is 10.0. The van der Waals surface area contributed by atoms with E-state index < -0.39 is 0 Å². The molecule has 1 aromatic carbocycles. The van der Waals surface area contributed by atoms with Gasteiger partial charge in [0.1, 0.15) is 0 Å². The number of carbonyl (C=O) groups excluding carboxylic acids is 1. The molecule has 1 rings (SSSR count). The smallest absolute Gasteiger partial charge is 0.251 e. The quantitative estimate of drug-likeness (QED) is 0.770. The largest absolute Gasteiger partial charge is 0.398 e. The number of rotatable bonds is 5. The van der Waals surface area contributed by atoms with Gasteiger partial charge in [-0.25, -0.2) is 0 Å². The average molecular weight is 234 g/mol. The molecule has 94 valence electrons. The second-order valence-corrected chi connectivity index (χ2v) is 4.41. The standard InChI is InChI=1S/C14H22N2O/c1-4-11(5-2)9-16-14(17)12-7-6-8-13(15)10(12)3/h6-8,11H,4-5,9,15H2,1-3H3,(H,16,17). The van der Waals surface area contributed by atoms with Crippen molar-refractivity contribution in [3.05, 3.63) is 29.3 Å². The molecule has 0 aliphatic heterocycles. The van der Waals surface area contributed by atoms with Crippen molar-refractivity contribution < 1.29 is 4.79 Å². The van der Waals surface area contributed by atoms with E-state index in [-0.39, 0.29) is 5.91 Å². The average Bonchev–Trinajstić information content (AvgIpc) is 2.33. The Bertz CT molecular complexity index is 384. The van der Waals surface area contributed by atoms with Crippen LogP contribution in [-0.2, 0) is 0 Å². The number of benzene rings is 1. The fourth-order valence-electron chi connectivity index (χ4n) is 1.81. The molecule has 0 spiro atoms. The van der Waals surface area contributed by atoms with Gasteiger partial charge in [-0.05, 0) is 30.5 Å². The van der Waals surface area contributed by atoms with E-state index in [4.69, 9.17) is 5.73 Å². The number of hydrogen-bond donors (Lipinski definition) is 2. The number of carbonyl (C=O) groups is 1. The number of nitrogens with one attached hydrogen (secondary N) is 1. The number of amides is 1. The molecule has 0 aliphatic carbocycles. The van der Waals surface area contributed by atoms with Crippen LogP contribution in [0.5, 0.6) is 0 Å². The van der Waals surface area contributed by atoms with E-state index >= 15 is 0 Å². The second-order valence-electron chi connectivity index (χ2n) is 4.41. The van der Waals surface area contributed by atoms with Gasteiger partial charge in [0.2, 0.25) is 0 Å². The third-order valence-electron chi connectivity index (χ3n) is 3.33. The van der Waals surface area contributed by atoms with Crippen molar-refractivity contribution in [3.63, 3.8) is 0 Å². The van der Waals surface area contributed by atoms with E-state index in [2.05, 4.69) is 19.2 Å². The summed E-state index contributed by atoms with van der Waals surface area (Å²) in [6, 6.07) is 5.44. The molecule has 0 fully saturated rings. The number of hydrogen-bond acceptors (Lipinski definition) is 2. The van der Waals surface area contributed by atoms with Crippen molar-refractivity contribution >= 4 is 11.6 Å². The van der Waals surface area contributed by atoms with E-state index in [1.165, 1.54) is 0 Å². The van der Waals surface area contributed by atoms with Gasteiger partial charge in [-0.15, -0.1) is 0 Å². The minimum atomic E-state index is -0.0262. The second kappa shape index (κ2) is 6.28. The molecule has 0 unspecified atom stereocenters. The summed E-state index contributed by atoms with van der Waals surface area (Å²) < 4.78 is 0. The maximum Gasteiger partial charge on any atom is 0.251 e. The van der Waals surface area contributed by atoms with Gasteiger partial charge in [0, 0.05) is 17.8 Å². The van der Waals surface area contributed by atoms with Crippen molar-refractivity contribution in [1.82, 2.24) is 5.32 Å². The molecule has 3 nitrogen and oxygen atoms in total. The van der Waals surface area contributed by atoms with Crippen LogP contribution < -0.4 is 11.1 Å². The number of nitrogen functional groups attached to an aromatic ring is 1. The molecular formula is C14H22N2O. The molecule has 0 aromatic heterocycles. The normalized spacial score (nSPS) is 10.6. The lowest BCUT2D eigenvalue weighted by Gasteiger charge is -2.14. The molecule has 0 radical (unpaired) electrons. The Morgan fingerprint density at radius 3 is 2.59 bits per heavy atom. The zero-order valence-corrected chi connectivity index (χ0v) is 10.9. The monoisotopic (exact) mass is 234 g/mol. The lowest BCUT2D eigenvalue weighted by molar-refractivity contribution is 0.0946. The molecule has 0 aliphatic rings. The van der Waals surface area contributed by atoms with Crippen LogP contribution in [0.1, 0.15) is 42.6 Å². The first-order chi connectivity index (χ1) is 8.10. The summed E-state index contributed by atoms with van der Waals surface area (Å²) in [6.07, 6.45) is 2.18. The molecule has 3 heteroatoms. The van der Waals surface area contributed by atoms with Crippen LogP contribution in [-0.4, -0.2) is 12.5 Å². The van der Waals surface area contributed by atoms with E-state index in [0.717, 1.165) is 24.9 Å². The van der Waals surface area contributed by atoms with Gasteiger partial charge in [-0.1, -0.05) is 32.8 Å². The highest BCUT2D eigenvalue weighted by Gasteiger charge is 2.11. The van der Waals surface area contributed by atoms with Crippen LogP contribution in [0, 0.1) is 12.8 Å². The fourth-order valence-corrected chi connectivity index (χ4v) is 1.81. The number of anilines is 1. The predicted molar refractivity (Wildman–Crippen MR) is 72.0 cm³/mol. The van der Waals surface area contributed by atoms with Crippen LogP contribution in [0.3, 0.4) is 0 Å². The molecule has 17 heavy (non-hydrogen) atoms. The molecule has 1 aromatic rings. The van der Waals surface area contributed by atoms with Gasteiger partial charge in [0.15, 0.2) is 0 Å². The molecule has 1 amide bonds. The maximum atomic E-state index is 12.0. The van der Waals surface area contributed by atoms with Gasteiger partial charge in [-0.3, -0.25) is 4.79 Å². The van der Waals surface area contributed by atoms with E-state index in [1.807, 2.05) is 25.1 Å². The minimum absolute atomic E-state index is 0.0262.